The minimum absolute atomic E-state index is 0.118. The van der Waals surface area contributed by atoms with Gasteiger partial charge in [0.25, 0.3) is 0 Å². The lowest BCUT2D eigenvalue weighted by molar-refractivity contribution is -0.132. The number of amides is 1. The largest absolute Gasteiger partial charge is 0.491 e. The topological polar surface area (TPSA) is 51.9 Å². The zero-order valence-electron chi connectivity index (χ0n) is 17.3. The monoisotopic (exact) mass is 397 g/mol. The highest BCUT2D eigenvalue weighted by atomic mass is 16.5. The Morgan fingerprint density at radius 2 is 2.10 bits per heavy atom. The molecule has 1 aromatic heterocycles. The summed E-state index contributed by atoms with van der Waals surface area (Å²) in [6.45, 7) is 1.72. The molecule has 1 aliphatic carbocycles. The van der Waals surface area contributed by atoms with Gasteiger partial charge in [-0.15, -0.1) is 0 Å². The SMILES string of the molecule is CO[C@H](c1ccc2c(c1)CN(C(=O)CCc1ccco1)CCO2)C1CCCCC1. The van der Waals surface area contributed by atoms with E-state index in [1.54, 1.807) is 6.26 Å². The van der Waals surface area contributed by atoms with E-state index >= 15 is 0 Å². The van der Waals surface area contributed by atoms with Gasteiger partial charge in [-0.1, -0.05) is 25.3 Å². The van der Waals surface area contributed by atoms with E-state index in [2.05, 4.69) is 18.2 Å². The van der Waals surface area contributed by atoms with E-state index < -0.39 is 0 Å². The third kappa shape index (κ3) is 4.84. The predicted molar refractivity (Wildman–Crippen MR) is 111 cm³/mol. The van der Waals surface area contributed by atoms with Crippen molar-refractivity contribution in [3.8, 4) is 5.75 Å². The Bertz CT molecular complexity index is 795. The maximum absolute atomic E-state index is 12.8. The molecule has 1 aromatic carbocycles. The number of ether oxygens (including phenoxy) is 2. The first-order valence-corrected chi connectivity index (χ1v) is 10.8. The van der Waals surface area contributed by atoms with Gasteiger partial charge in [0.2, 0.25) is 5.91 Å². The van der Waals surface area contributed by atoms with Gasteiger partial charge in [-0.05, 0) is 48.6 Å². The molecule has 29 heavy (non-hydrogen) atoms. The van der Waals surface area contributed by atoms with Crippen LogP contribution in [0, 0.1) is 5.92 Å². The van der Waals surface area contributed by atoms with Gasteiger partial charge in [-0.3, -0.25) is 4.79 Å². The number of hydrogen-bond donors (Lipinski definition) is 0. The number of aryl methyl sites for hydroxylation is 1. The van der Waals surface area contributed by atoms with Crippen molar-refractivity contribution in [1.29, 1.82) is 0 Å². The molecule has 1 aliphatic heterocycles. The smallest absolute Gasteiger partial charge is 0.223 e. The van der Waals surface area contributed by atoms with Crippen molar-refractivity contribution in [1.82, 2.24) is 4.90 Å². The minimum Gasteiger partial charge on any atom is -0.491 e. The number of carbonyl (C=O) groups is 1. The number of carbonyl (C=O) groups excluding carboxylic acids is 1. The van der Waals surface area contributed by atoms with Gasteiger partial charge < -0.3 is 18.8 Å². The first kappa shape index (κ1) is 20.0. The molecule has 0 saturated heterocycles. The molecule has 1 atom stereocenters. The highest BCUT2D eigenvalue weighted by Crippen LogP contribution is 2.38. The fourth-order valence-corrected chi connectivity index (χ4v) is 4.68. The molecule has 0 unspecified atom stereocenters. The summed E-state index contributed by atoms with van der Waals surface area (Å²) in [6.07, 6.45) is 9.21. The van der Waals surface area contributed by atoms with E-state index in [0.29, 0.717) is 38.5 Å². The van der Waals surface area contributed by atoms with Crippen molar-refractivity contribution < 1.29 is 18.7 Å². The van der Waals surface area contributed by atoms with Gasteiger partial charge >= 0.3 is 0 Å². The molecule has 1 amide bonds. The van der Waals surface area contributed by atoms with Gasteiger partial charge in [0.15, 0.2) is 0 Å². The molecule has 1 saturated carbocycles. The molecule has 2 aromatic rings. The van der Waals surface area contributed by atoms with Gasteiger partial charge in [0.1, 0.15) is 18.1 Å². The van der Waals surface area contributed by atoms with E-state index in [4.69, 9.17) is 13.9 Å². The molecule has 4 rings (SSSR count). The first-order chi connectivity index (χ1) is 14.2. The third-order valence-electron chi connectivity index (χ3n) is 6.24. The second-order valence-electron chi connectivity index (χ2n) is 8.16. The lowest BCUT2D eigenvalue weighted by Gasteiger charge is -2.30. The van der Waals surface area contributed by atoms with Crippen LogP contribution in [0.25, 0.3) is 0 Å². The maximum Gasteiger partial charge on any atom is 0.223 e. The standard InChI is InChI=1S/C24H31NO4/c1-27-24(18-6-3-2-4-7-18)19-9-11-22-20(16-19)17-25(13-15-29-22)23(26)12-10-21-8-5-14-28-21/h5,8-9,11,14,16,18,24H,2-4,6-7,10,12-13,15,17H2,1H3/t24-/m0/s1. The van der Waals surface area contributed by atoms with Crippen LogP contribution in [0.3, 0.4) is 0 Å². The van der Waals surface area contributed by atoms with Crippen LogP contribution in [0.4, 0.5) is 0 Å². The zero-order chi connectivity index (χ0) is 20.1. The van der Waals surface area contributed by atoms with Crippen LogP contribution in [-0.4, -0.2) is 31.1 Å². The second-order valence-corrected chi connectivity index (χ2v) is 8.16. The van der Waals surface area contributed by atoms with Crippen molar-refractivity contribution in [2.75, 3.05) is 20.3 Å². The molecule has 2 heterocycles. The van der Waals surface area contributed by atoms with Crippen molar-refractivity contribution in [2.24, 2.45) is 5.92 Å². The Morgan fingerprint density at radius 3 is 2.86 bits per heavy atom. The molecule has 0 radical (unpaired) electrons. The van der Waals surface area contributed by atoms with Crippen LogP contribution < -0.4 is 4.74 Å². The Labute approximate surface area is 173 Å². The fourth-order valence-electron chi connectivity index (χ4n) is 4.68. The summed E-state index contributed by atoms with van der Waals surface area (Å²) in [5.41, 5.74) is 2.27. The molecule has 1 fully saturated rings. The summed E-state index contributed by atoms with van der Waals surface area (Å²) in [7, 11) is 1.81. The summed E-state index contributed by atoms with van der Waals surface area (Å²) in [4.78, 5) is 14.7. The molecule has 5 heteroatoms. The average molecular weight is 398 g/mol. The number of methoxy groups -OCH3 is 1. The highest BCUT2D eigenvalue weighted by molar-refractivity contribution is 5.76. The summed E-state index contributed by atoms with van der Waals surface area (Å²) in [5.74, 6) is 2.44. The lowest BCUT2D eigenvalue weighted by atomic mass is 9.82. The number of hydrogen-bond acceptors (Lipinski definition) is 4. The molecule has 156 valence electrons. The molecule has 5 nitrogen and oxygen atoms in total. The molecule has 0 spiro atoms. The van der Waals surface area contributed by atoms with E-state index in [0.717, 1.165) is 17.1 Å². The third-order valence-corrected chi connectivity index (χ3v) is 6.24. The average Bonchev–Trinajstić information content (AvgIpc) is 3.18. The van der Waals surface area contributed by atoms with E-state index in [1.807, 2.05) is 24.1 Å². The number of benzene rings is 1. The Kier molecular flexibility index (Phi) is 6.55. The normalized spacial score (nSPS) is 18.6. The zero-order valence-corrected chi connectivity index (χ0v) is 17.3. The van der Waals surface area contributed by atoms with E-state index in [-0.39, 0.29) is 12.0 Å². The van der Waals surface area contributed by atoms with Crippen molar-refractivity contribution in [3.05, 3.63) is 53.5 Å². The van der Waals surface area contributed by atoms with Gasteiger partial charge in [-0.2, -0.15) is 0 Å². The predicted octanol–water partition coefficient (Wildman–Crippen LogP) is 4.90. The summed E-state index contributed by atoms with van der Waals surface area (Å²) in [6, 6.07) is 10.1. The van der Waals surface area contributed by atoms with Crippen molar-refractivity contribution in [3.63, 3.8) is 0 Å². The van der Waals surface area contributed by atoms with Gasteiger partial charge in [-0.25, -0.2) is 0 Å². The number of nitrogens with zero attached hydrogens (tertiary/aromatic N) is 1. The quantitative estimate of drug-likeness (QED) is 0.696. The van der Waals surface area contributed by atoms with Crippen LogP contribution in [0.15, 0.2) is 41.0 Å². The van der Waals surface area contributed by atoms with Crippen LogP contribution in [0.5, 0.6) is 5.75 Å². The first-order valence-electron chi connectivity index (χ1n) is 10.8. The number of rotatable bonds is 6. The van der Waals surface area contributed by atoms with E-state index in [9.17, 15) is 4.79 Å². The van der Waals surface area contributed by atoms with E-state index in [1.165, 1.54) is 37.7 Å². The van der Waals surface area contributed by atoms with Crippen molar-refractivity contribution >= 4 is 5.91 Å². The molecule has 2 aliphatic rings. The van der Waals surface area contributed by atoms with Gasteiger partial charge in [0.05, 0.1) is 18.9 Å². The highest BCUT2D eigenvalue weighted by Gasteiger charge is 2.27. The van der Waals surface area contributed by atoms with Crippen LogP contribution in [0.2, 0.25) is 0 Å². The Hall–Kier alpha value is -2.27. The molecular formula is C24H31NO4. The van der Waals surface area contributed by atoms with Crippen LogP contribution in [-0.2, 0) is 22.5 Å². The van der Waals surface area contributed by atoms with Gasteiger partial charge in [0, 0.05) is 32.1 Å². The Morgan fingerprint density at radius 1 is 1.24 bits per heavy atom. The maximum atomic E-state index is 12.8. The lowest BCUT2D eigenvalue weighted by Crippen LogP contribution is -2.32. The number of fused-ring (bicyclic) bond motifs is 1. The number of furan rings is 1. The molecule has 0 bridgehead atoms. The summed E-state index contributed by atoms with van der Waals surface area (Å²) in [5, 5.41) is 0. The van der Waals surface area contributed by atoms with Crippen LogP contribution >= 0.6 is 0 Å². The fraction of sp³-hybridized carbons (Fsp3) is 0.542. The van der Waals surface area contributed by atoms with Crippen LogP contribution in [0.1, 0.15) is 61.5 Å². The van der Waals surface area contributed by atoms with Crippen molar-refractivity contribution in [2.45, 2.75) is 57.6 Å². The Balaban J connectivity index is 1.47. The molecule has 0 N–H and O–H groups in total. The summed E-state index contributed by atoms with van der Waals surface area (Å²) < 4.78 is 17.2. The second kappa shape index (κ2) is 9.49. The molecular weight excluding hydrogens is 366 g/mol. The minimum atomic E-state index is 0.118. The summed E-state index contributed by atoms with van der Waals surface area (Å²) >= 11 is 0.